The molecular formula is C26H20ClNO2. The zero-order valence-electron chi connectivity index (χ0n) is 16.5. The fourth-order valence-electron chi connectivity index (χ4n) is 3.51. The van der Waals surface area contributed by atoms with Gasteiger partial charge in [0.05, 0.1) is 5.56 Å². The number of aryl methyl sites for hydroxylation is 1. The molecule has 0 unspecified atom stereocenters. The minimum Gasteiger partial charge on any atom is -0.321 e. The number of nitrogens with one attached hydrogen (secondary N) is 1. The third kappa shape index (κ3) is 4.27. The molecule has 0 amide bonds. The van der Waals surface area contributed by atoms with Crippen molar-refractivity contribution in [1.29, 1.82) is 0 Å². The van der Waals surface area contributed by atoms with Crippen LogP contribution in [0.1, 0.15) is 32.6 Å². The number of allylic oxidation sites excluding steroid dienone is 1. The molecule has 4 heteroatoms. The normalized spacial score (nSPS) is 11.3. The highest BCUT2D eigenvalue weighted by atomic mass is 35.5. The molecule has 1 aromatic heterocycles. The number of fused-ring (bicyclic) bond motifs is 1. The number of H-pyrrole nitrogens is 1. The summed E-state index contributed by atoms with van der Waals surface area (Å²) in [5, 5.41) is 1.33. The van der Waals surface area contributed by atoms with Gasteiger partial charge in [0.2, 0.25) is 0 Å². The molecule has 3 aromatic carbocycles. The Morgan fingerprint density at radius 1 is 1.00 bits per heavy atom. The van der Waals surface area contributed by atoms with Gasteiger partial charge in [-0.3, -0.25) is 9.59 Å². The first-order valence-electron chi connectivity index (χ1n) is 9.69. The van der Waals surface area contributed by atoms with E-state index < -0.39 is 5.56 Å². The van der Waals surface area contributed by atoms with Crippen LogP contribution in [0, 0.1) is 6.92 Å². The lowest BCUT2D eigenvalue weighted by atomic mass is 9.94. The summed E-state index contributed by atoms with van der Waals surface area (Å²) >= 11 is 6.23. The van der Waals surface area contributed by atoms with Crippen LogP contribution < -0.4 is 5.56 Å². The quantitative estimate of drug-likeness (QED) is 0.323. The lowest BCUT2D eigenvalue weighted by molar-refractivity contribution is 0.104. The summed E-state index contributed by atoms with van der Waals surface area (Å²) in [5.74, 6) is -0.329. The summed E-state index contributed by atoms with van der Waals surface area (Å²) in [6.07, 6.45) is 3.65. The van der Waals surface area contributed by atoms with Gasteiger partial charge >= 0.3 is 0 Å². The highest BCUT2D eigenvalue weighted by Gasteiger charge is 2.18. The highest BCUT2D eigenvalue weighted by Crippen LogP contribution is 2.25. The van der Waals surface area contributed by atoms with Crippen LogP contribution in [-0.2, 0) is 6.42 Å². The number of hydrogen-bond donors (Lipinski definition) is 1. The maximum Gasteiger partial charge on any atom is 0.259 e. The van der Waals surface area contributed by atoms with Gasteiger partial charge in [-0.05, 0) is 54.3 Å². The van der Waals surface area contributed by atoms with Gasteiger partial charge in [0.15, 0.2) is 5.78 Å². The Bertz CT molecular complexity index is 1300. The Balaban J connectivity index is 1.84. The predicted molar refractivity (Wildman–Crippen MR) is 123 cm³/mol. The fraction of sp³-hybridized carbons (Fsp3) is 0.0769. The summed E-state index contributed by atoms with van der Waals surface area (Å²) in [6.45, 7) is 2.01. The SMILES string of the molecule is Cc1ccc(/C=C/C(=O)c2c(Cc3ccccc3)c3cc(Cl)ccc3[nH]c2=O)cc1. The van der Waals surface area contributed by atoms with Crippen molar-refractivity contribution in [2.24, 2.45) is 0 Å². The zero-order chi connectivity index (χ0) is 21.1. The number of carbonyl (C=O) groups excluding carboxylic acids is 1. The maximum atomic E-state index is 13.1. The Hall–Kier alpha value is -3.43. The highest BCUT2D eigenvalue weighted by molar-refractivity contribution is 6.31. The van der Waals surface area contributed by atoms with Crippen LogP contribution in [0.25, 0.3) is 17.0 Å². The van der Waals surface area contributed by atoms with Crippen LogP contribution in [0.15, 0.2) is 83.7 Å². The molecule has 0 saturated carbocycles. The molecule has 1 heterocycles. The van der Waals surface area contributed by atoms with Gasteiger partial charge in [-0.15, -0.1) is 0 Å². The molecule has 30 heavy (non-hydrogen) atoms. The summed E-state index contributed by atoms with van der Waals surface area (Å²) < 4.78 is 0. The van der Waals surface area contributed by atoms with E-state index in [4.69, 9.17) is 11.6 Å². The van der Waals surface area contributed by atoms with Crippen molar-refractivity contribution in [3.63, 3.8) is 0 Å². The first kappa shape index (κ1) is 19.9. The number of ketones is 1. The molecule has 0 aliphatic heterocycles. The lowest BCUT2D eigenvalue weighted by Crippen LogP contribution is -2.20. The monoisotopic (exact) mass is 413 g/mol. The third-order valence-corrected chi connectivity index (χ3v) is 5.29. The van der Waals surface area contributed by atoms with E-state index in [-0.39, 0.29) is 11.3 Å². The van der Waals surface area contributed by atoms with Gasteiger partial charge in [-0.1, -0.05) is 77.8 Å². The lowest BCUT2D eigenvalue weighted by Gasteiger charge is -2.12. The van der Waals surface area contributed by atoms with Crippen molar-refractivity contribution in [2.45, 2.75) is 13.3 Å². The number of hydrogen-bond acceptors (Lipinski definition) is 2. The van der Waals surface area contributed by atoms with E-state index in [1.165, 1.54) is 6.08 Å². The third-order valence-electron chi connectivity index (χ3n) is 5.06. The molecule has 0 atom stereocenters. The van der Waals surface area contributed by atoms with Crippen LogP contribution in [0.4, 0.5) is 0 Å². The van der Waals surface area contributed by atoms with E-state index in [1.54, 1.807) is 24.3 Å². The fourth-order valence-corrected chi connectivity index (χ4v) is 3.68. The number of benzene rings is 3. The minimum absolute atomic E-state index is 0.150. The van der Waals surface area contributed by atoms with Crippen molar-refractivity contribution in [3.8, 4) is 0 Å². The van der Waals surface area contributed by atoms with Gasteiger partial charge in [0.1, 0.15) is 0 Å². The first-order chi connectivity index (χ1) is 14.5. The van der Waals surface area contributed by atoms with Gasteiger partial charge in [-0.25, -0.2) is 0 Å². The Labute approximate surface area is 179 Å². The van der Waals surface area contributed by atoms with E-state index in [2.05, 4.69) is 4.98 Å². The van der Waals surface area contributed by atoms with Gasteiger partial charge in [-0.2, -0.15) is 0 Å². The van der Waals surface area contributed by atoms with Crippen LogP contribution in [0.5, 0.6) is 0 Å². The molecule has 0 radical (unpaired) electrons. The Kier molecular flexibility index (Phi) is 5.64. The second-order valence-corrected chi connectivity index (χ2v) is 7.70. The summed E-state index contributed by atoms with van der Waals surface area (Å²) in [5.41, 5.74) is 4.16. The summed E-state index contributed by atoms with van der Waals surface area (Å²) in [6, 6.07) is 22.9. The number of aromatic nitrogens is 1. The van der Waals surface area contributed by atoms with E-state index in [0.29, 0.717) is 22.5 Å². The molecule has 0 fully saturated rings. The molecular weight excluding hydrogens is 394 g/mol. The van der Waals surface area contributed by atoms with E-state index in [9.17, 15) is 9.59 Å². The smallest absolute Gasteiger partial charge is 0.259 e. The summed E-state index contributed by atoms with van der Waals surface area (Å²) in [7, 11) is 0. The summed E-state index contributed by atoms with van der Waals surface area (Å²) in [4.78, 5) is 28.8. The average Bonchev–Trinajstić information content (AvgIpc) is 2.74. The number of aromatic amines is 1. The number of carbonyl (C=O) groups is 1. The van der Waals surface area contributed by atoms with Gasteiger partial charge < -0.3 is 4.98 Å². The van der Waals surface area contributed by atoms with Crippen LogP contribution in [0.2, 0.25) is 5.02 Å². The van der Waals surface area contributed by atoms with Crippen molar-refractivity contribution >= 4 is 34.4 Å². The topological polar surface area (TPSA) is 49.9 Å². The second-order valence-electron chi connectivity index (χ2n) is 7.27. The molecule has 1 N–H and O–H groups in total. The molecule has 0 saturated heterocycles. The number of rotatable bonds is 5. The maximum absolute atomic E-state index is 13.1. The molecule has 148 valence electrons. The molecule has 0 bridgehead atoms. The molecule has 3 nitrogen and oxygen atoms in total. The number of halogens is 1. The van der Waals surface area contributed by atoms with Crippen molar-refractivity contribution in [2.75, 3.05) is 0 Å². The van der Waals surface area contributed by atoms with Crippen molar-refractivity contribution in [1.82, 2.24) is 4.98 Å². The molecule has 0 aliphatic carbocycles. The van der Waals surface area contributed by atoms with Crippen molar-refractivity contribution in [3.05, 3.63) is 122 Å². The Morgan fingerprint density at radius 2 is 1.73 bits per heavy atom. The first-order valence-corrected chi connectivity index (χ1v) is 10.1. The molecule has 4 rings (SSSR count). The average molecular weight is 414 g/mol. The van der Waals surface area contributed by atoms with E-state index in [1.807, 2.05) is 61.5 Å². The zero-order valence-corrected chi connectivity index (χ0v) is 17.2. The van der Waals surface area contributed by atoms with E-state index >= 15 is 0 Å². The van der Waals surface area contributed by atoms with Crippen molar-refractivity contribution < 1.29 is 4.79 Å². The number of pyridine rings is 1. The Morgan fingerprint density at radius 3 is 2.47 bits per heavy atom. The second kappa shape index (κ2) is 8.52. The molecule has 0 spiro atoms. The van der Waals surface area contributed by atoms with Crippen LogP contribution >= 0.6 is 11.6 Å². The molecule has 0 aliphatic rings. The van der Waals surface area contributed by atoms with Gasteiger partial charge in [0, 0.05) is 15.9 Å². The molecule has 4 aromatic rings. The van der Waals surface area contributed by atoms with E-state index in [0.717, 1.165) is 22.1 Å². The minimum atomic E-state index is -0.394. The standard InChI is InChI=1S/C26H20ClNO2/c1-17-7-9-18(10-8-17)11-14-24(29)25-22(15-19-5-3-2-4-6-19)21-16-20(27)12-13-23(21)28-26(25)30/h2-14,16H,15H2,1H3,(H,28,30)/b14-11+. The van der Waals surface area contributed by atoms with Crippen LogP contribution in [0.3, 0.4) is 0 Å². The predicted octanol–water partition coefficient (Wildman–Crippen LogP) is 5.98. The largest absolute Gasteiger partial charge is 0.321 e. The van der Waals surface area contributed by atoms with Gasteiger partial charge in [0.25, 0.3) is 5.56 Å². The van der Waals surface area contributed by atoms with Crippen LogP contribution in [-0.4, -0.2) is 10.8 Å².